The quantitative estimate of drug-likeness (QED) is 0.844. The maximum absolute atomic E-state index is 12.6. The van der Waals surface area contributed by atoms with Gasteiger partial charge in [0.1, 0.15) is 0 Å². The number of carbonyl (C=O) groups is 2. The number of anilines is 1. The van der Waals surface area contributed by atoms with Crippen LogP contribution in [0.4, 0.5) is 5.69 Å². The van der Waals surface area contributed by atoms with Crippen LogP contribution in [0.15, 0.2) is 53.4 Å². The number of carbonyl (C=O) groups excluding carboxylic acids is 2. The Bertz CT molecular complexity index is 950. The van der Waals surface area contributed by atoms with Gasteiger partial charge in [0, 0.05) is 24.3 Å². The third-order valence-corrected chi connectivity index (χ3v) is 6.05. The zero-order valence-electron chi connectivity index (χ0n) is 13.8. The highest BCUT2D eigenvalue weighted by atomic mass is 32.2. The molecular weight excluding hydrogens is 356 g/mol. The highest BCUT2D eigenvalue weighted by Crippen LogP contribution is 2.22. The van der Waals surface area contributed by atoms with Crippen molar-refractivity contribution in [3.8, 4) is 0 Å². The van der Waals surface area contributed by atoms with Crippen molar-refractivity contribution in [2.45, 2.75) is 17.7 Å². The van der Waals surface area contributed by atoms with Crippen LogP contribution < -0.4 is 10.4 Å². The Kier molecular flexibility index (Phi) is 5.06. The van der Waals surface area contributed by atoms with E-state index in [1.165, 1.54) is 52.8 Å². The van der Waals surface area contributed by atoms with Crippen molar-refractivity contribution in [2.75, 3.05) is 18.4 Å². The molecule has 1 N–H and O–H groups in total. The molecule has 136 valence electrons. The number of hydrogen-bond donors (Lipinski definition) is 1. The molecule has 1 aliphatic heterocycles. The molecule has 0 aromatic heterocycles. The van der Waals surface area contributed by atoms with Crippen molar-refractivity contribution in [3.63, 3.8) is 0 Å². The molecule has 1 fully saturated rings. The van der Waals surface area contributed by atoms with Crippen molar-refractivity contribution < 1.29 is 23.1 Å². The second-order valence-electron chi connectivity index (χ2n) is 5.96. The molecule has 0 saturated carbocycles. The average Bonchev–Trinajstić information content (AvgIpc) is 3.17. The number of rotatable bonds is 5. The maximum Gasteiger partial charge on any atom is 0.255 e. The van der Waals surface area contributed by atoms with E-state index in [9.17, 15) is 23.1 Å². The summed E-state index contributed by atoms with van der Waals surface area (Å²) in [6.45, 7) is 0.962. The van der Waals surface area contributed by atoms with E-state index in [0.717, 1.165) is 12.8 Å². The number of carboxylic acid groups (broad SMARTS) is 1. The summed E-state index contributed by atoms with van der Waals surface area (Å²) in [5, 5.41) is 13.5. The lowest BCUT2D eigenvalue weighted by Gasteiger charge is -2.16. The topological polar surface area (TPSA) is 107 Å². The van der Waals surface area contributed by atoms with Gasteiger partial charge in [-0.2, -0.15) is 4.31 Å². The predicted octanol–water partition coefficient (Wildman–Crippen LogP) is 1.09. The zero-order valence-corrected chi connectivity index (χ0v) is 14.7. The van der Waals surface area contributed by atoms with Gasteiger partial charge in [-0.1, -0.05) is 18.2 Å². The van der Waals surface area contributed by atoms with Gasteiger partial charge in [-0.05, 0) is 48.7 Å². The molecule has 0 unspecified atom stereocenters. The minimum Gasteiger partial charge on any atom is -0.545 e. The summed E-state index contributed by atoms with van der Waals surface area (Å²) in [5.41, 5.74) is 0.391. The zero-order chi connectivity index (χ0) is 18.7. The molecule has 1 saturated heterocycles. The van der Waals surface area contributed by atoms with Crippen LogP contribution in [-0.2, 0) is 10.0 Å². The third-order valence-electron chi connectivity index (χ3n) is 4.16. The van der Waals surface area contributed by atoms with Crippen LogP contribution in [0.2, 0.25) is 0 Å². The molecule has 0 spiro atoms. The number of hydrogen-bond acceptors (Lipinski definition) is 5. The number of aromatic carboxylic acids is 1. The van der Waals surface area contributed by atoms with Gasteiger partial charge >= 0.3 is 0 Å². The number of sulfonamides is 1. The lowest BCUT2D eigenvalue weighted by Crippen LogP contribution is -2.28. The van der Waals surface area contributed by atoms with E-state index >= 15 is 0 Å². The summed E-state index contributed by atoms with van der Waals surface area (Å²) in [5.74, 6) is -1.88. The molecule has 3 rings (SSSR count). The molecule has 1 aliphatic rings. The molecule has 0 atom stereocenters. The maximum atomic E-state index is 12.6. The van der Waals surface area contributed by atoms with Crippen LogP contribution in [0.25, 0.3) is 0 Å². The van der Waals surface area contributed by atoms with E-state index in [0.29, 0.717) is 13.1 Å². The van der Waals surface area contributed by atoms with Gasteiger partial charge in [-0.25, -0.2) is 8.42 Å². The van der Waals surface area contributed by atoms with Crippen LogP contribution in [0.5, 0.6) is 0 Å². The average molecular weight is 373 g/mol. The monoisotopic (exact) mass is 373 g/mol. The third kappa shape index (κ3) is 3.76. The number of carboxylic acids is 1. The number of benzene rings is 2. The smallest absolute Gasteiger partial charge is 0.255 e. The Balaban J connectivity index is 1.82. The minimum atomic E-state index is -3.62. The second-order valence-corrected chi connectivity index (χ2v) is 7.90. The van der Waals surface area contributed by atoms with Gasteiger partial charge in [-0.3, -0.25) is 4.79 Å². The number of nitrogens with zero attached hydrogens (tertiary/aromatic N) is 1. The fraction of sp³-hybridized carbons (Fsp3) is 0.222. The summed E-state index contributed by atoms with van der Waals surface area (Å²) in [6.07, 6.45) is 1.66. The predicted molar refractivity (Wildman–Crippen MR) is 93.2 cm³/mol. The Labute approximate surface area is 151 Å². The summed E-state index contributed by atoms with van der Waals surface area (Å²) in [6, 6.07) is 11.4. The highest BCUT2D eigenvalue weighted by Gasteiger charge is 2.27. The van der Waals surface area contributed by atoms with E-state index < -0.39 is 21.9 Å². The molecule has 0 aliphatic carbocycles. The minimum absolute atomic E-state index is 0.0619. The van der Waals surface area contributed by atoms with Crippen LogP contribution in [0.1, 0.15) is 33.6 Å². The first-order valence-corrected chi connectivity index (χ1v) is 9.55. The van der Waals surface area contributed by atoms with Crippen LogP contribution >= 0.6 is 0 Å². The molecule has 7 nitrogen and oxygen atoms in total. The van der Waals surface area contributed by atoms with Crippen molar-refractivity contribution in [1.29, 1.82) is 0 Å². The lowest BCUT2D eigenvalue weighted by molar-refractivity contribution is -0.255. The largest absolute Gasteiger partial charge is 0.545 e. The van der Waals surface area contributed by atoms with Gasteiger partial charge in [0.05, 0.1) is 10.9 Å². The van der Waals surface area contributed by atoms with Gasteiger partial charge in [0.15, 0.2) is 0 Å². The molecule has 1 amide bonds. The Morgan fingerprint density at radius 3 is 2.31 bits per heavy atom. The van der Waals surface area contributed by atoms with Crippen molar-refractivity contribution in [1.82, 2.24) is 4.31 Å². The summed E-state index contributed by atoms with van der Waals surface area (Å²) >= 11 is 0. The molecular formula is C18H17N2O5S-. The summed E-state index contributed by atoms with van der Waals surface area (Å²) in [4.78, 5) is 23.4. The van der Waals surface area contributed by atoms with Gasteiger partial charge in [0.25, 0.3) is 5.91 Å². The molecule has 8 heteroatoms. The van der Waals surface area contributed by atoms with Gasteiger partial charge in [0.2, 0.25) is 10.0 Å². The van der Waals surface area contributed by atoms with Crippen molar-refractivity contribution in [2.24, 2.45) is 0 Å². The van der Waals surface area contributed by atoms with E-state index in [1.807, 2.05) is 0 Å². The fourth-order valence-electron chi connectivity index (χ4n) is 2.80. The van der Waals surface area contributed by atoms with E-state index in [2.05, 4.69) is 5.32 Å². The van der Waals surface area contributed by atoms with Crippen molar-refractivity contribution in [3.05, 3.63) is 59.7 Å². The van der Waals surface area contributed by atoms with E-state index in [4.69, 9.17) is 0 Å². The van der Waals surface area contributed by atoms with Gasteiger partial charge in [-0.15, -0.1) is 0 Å². The molecule has 0 bridgehead atoms. The van der Waals surface area contributed by atoms with E-state index in [1.54, 1.807) is 0 Å². The fourth-order valence-corrected chi connectivity index (χ4v) is 4.37. The second kappa shape index (κ2) is 7.27. The molecule has 1 heterocycles. The summed E-state index contributed by atoms with van der Waals surface area (Å²) < 4.78 is 26.6. The Morgan fingerprint density at radius 1 is 0.962 bits per heavy atom. The SMILES string of the molecule is O=C([O-])c1cccc(NC(=O)c2cccc(S(=O)(=O)N3CCCC3)c2)c1. The summed E-state index contributed by atoms with van der Waals surface area (Å²) in [7, 11) is -3.62. The molecule has 0 radical (unpaired) electrons. The Hall–Kier alpha value is -2.71. The molecule has 2 aromatic rings. The lowest BCUT2D eigenvalue weighted by atomic mass is 10.2. The number of amides is 1. The van der Waals surface area contributed by atoms with Crippen LogP contribution in [-0.4, -0.2) is 37.7 Å². The van der Waals surface area contributed by atoms with Gasteiger partial charge < -0.3 is 15.2 Å². The molecule has 26 heavy (non-hydrogen) atoms. The Morgan fingerprint density at radius 2 is 1.62 bits per heavy atom. The van der Waals surface area contributed by atoms with E-state index in [-0.39, 0.29) is 21.7 Å². The standard InChI is InChI=1S/C18H18N2O5S/c21-17(19-15-7-3-6-14(11-15)18(22)23)13-5-4-8-16(12-13)26(24,25)20-9-1-2-10-20/h3-8,11-12H,1-2,9-10H2,(H,19,21)(H,22,23)/p-1. The molecule has 2 aromatic carbocycles. The first kappa shape index (κ1) is 18.1. The van der Waals surface area contributed by atoms with Crippen LogP contribution in [0.3, 0.4) is 0 Å². The number of nitrogens with one attached hydrogen (secondary N) is 1. The highest BCUT2D eigenvalue weighted by molar-refractivity contribution is 7.89. The first-order chi connectivity index (χ1) is 12.4. The first-order valence-electron chi connectivity index (χ1n) is 8.11. The van der Waals surface area contributed by atoms with Crippen molar-refractivity contribution >= 4 is 27.6 Å². The van der Waals surface area contributed by atoms with Crippen LogP contribution in [0, 0.1) is 0 Å². The normalized spacial score (nSPS) is 14.9.